The van der Waals surface area contributed by atoms with Crippen LogP contribution < -0.4 is 9.47 Å². The third kappa shape index (κ3) is 3.59. The number of rotatable bonds is 3. The highest BCUT2D eigenvalue weighted by atomic mass is 19.4. The summed E-state index contributed by atoms with van der Waals surface area (Å²) in [5.41, 5.74) is -0.0744. The molecule has 1 aliphatic rings. The van der Waals surface area contributed by atoms with E-state index in [0.29, 0.717) is 35.8 Å². The summed E-state index contributed by atoms with van der Waals surface area (Å²) < 4.78 is 48.8. The molecule has 0 radical (unpaired) electrons. The lowest BCUT2D eigenvalue weighted by atomic mass is 10.1. The second kappa shape index (κ2) is 6.39. The molecule has 0 aliphatic carbocycles. The molecule has 6 heteroatoms. The molecule has 0 aromatic heterocycles. The molecule has 24 heavy (non-hydrogen) atoms. The van der Waals surface area contributed by atoms with E-state index in [-0.39, 0.29) is 5.78 Å². The van der Waals surface area contributed by atoms with Gasteiger partial charge in [-0.25, -0.2) is 0 Å². The zero-order valence-corrected chi connectivity index (χ0v) is 12.5. The summed E-state index contributed by atoms with van der Waals surface area (Å²) in [7, 11) is 0. The van der Waals surface area contributed by atoms with Crippen LogP contribution in [0.1, 0.15) is 21.5 Å². The van der Waals surface area contributed by atoms with Gasteiger partial charge in [0.1, 0.15) is 13.2 Å². The first-order valence-electron chi connectivity index (χ1n) is 7.23. The first-order valence-corrected chi connectivity index (χ1v) is 7.23. The number of benzene rings is 2. The zero-order chi connectivity index (χ0) is 17.2. The average molecular weight is 334 g/mol. The Morgan fingerprint density at radius 1 is 1.00 bits per heavy atom. The first-order chi connectivity index (χ1) is 11.4. The number of allylic oxidation sites excluding steroid dienone is 1. The highest BCUT2D eigenvalue weighted by Gasteiger charge is 2.30. The van der Waals surface area contributed by atoms with E-state index in [1.807, 2.05) is 0 Å². The molecule has 2 aromatic rings. The lowest BCUT2D eigenvalue weighted by Gasteiger charge is -2.18. The van der Waals surface area contributed by atoms with Crippen LogP contribution in [0.5, 0.6) is 11.5 Å². The van der Waals surface area contributed by atoms with Gasteiger partial charge in [-0.3, -0.25) is 4.79 Å². The van der Waals surface area contributed by atoms with E-state index < -0.39 is 11.7 Å². The molecule has 0 saturated heterocycles. The van der Waals surface area contributed by atoms with Gasteiger partial charge in [-0.15, -0.1) is 0 Å². The zero-order valence-electron chi connectivity index (χ0n) is 12.5. The second-order valence-electron chi connectivity index (χ2n) is 5.18. The molecule has 0 bridgehead atoms. The summed E-state index contributed by atoms with van der Waals surface area (Å²) in [6, 6.07) is 9.58. The van der Waals surface area contributed by atoms with Crippen LogP contribution in [-0.4, -0.2) is 19.0 Å². The number of ether oxygens (including phenoxy) is 2. The van der Waals surface area contributed by atoms with Gasteiger partial charge in [0, 0.05) is 5.56 Å². The van der Waals surface area contributed by atoms with Crippen molar-refractivity contribution < 1.29 is 27.4 Å². The van der Waals surface area contributed by atoms with Gasteiger partial charge in [-0.2, -0.15) is 13.2 Å². The normalized spacial score (nSPS) is 14.0. The van der Waals surface area contributed by atoms with Gasteiger partial charge in [0.25, 0.3) is 0 Å². The van der Waals surface area contributed by atoms with Crippen molar-refractivity contribution in [3.8, 4) is 11.5 Å². The number of carbonyl (C=O) groups excluding carboxylic acids is 1. The molecule has 0 saturated carbocycles. The smallest absolute Gasteiger partial charge is 0.416 e. The molecule has 0 spiro atoms. The number of halogens is 3. The van der Waals surface area contributed by atoms with Crippen molar-refractivity contribution in [3.63, 3.8) is 0 Å². The van der Waals surface area contributed by atoms with E-state index in [2.05, 4.69) is 0 Å². The number of hydrogen-bond acceptors (Lipinski definition) is 3. The van der Waals surface area contributed by atoms with Gasteiger partial charge in [-0.05, 0) is 42.0 Å². The van der Waals surface area contributed by atoms with E-state index in [4.69, 9.17) is 9.47 Å². The maximum Gasteiger partial charge on any atom is 0.416 e. The summed E-state index contributed by atoms with van der Waals surface area (Å²) in [6.45, 7) is 0.862. The van der Waals surface area contributed by atoms with E-state index in [1.54, 1.807) is 18.2 Å². The Morgan fingerprint density at radius 3 is 2.50 bits per heavy atom. The molecule has 0 amide bonds. The molecule has 1 heterocycles. The summed E-state index contributed by atoms with van der Waals surface area (Å²) >= 11 is 0. The third-order valence-corrected chi connectivity index (χ3v) is 3.47. The Bertz CT molecular complexity index is 794. The van der Waals surface area contributed by atoms with Crippen molar-refractivity contribution in [2.24, 2.45) is 0 Å². The van der Waals surface area contributed by atoms with Crippen LogP contribution in [0.25, 0.3) is 6.08 Å². The Balaban J connectivity index is 1.78. The van der Waals surface area contributed by atoms with E-state index in [9.17, 15) is 18.0 Å². The number of fused-ring (bicyclic) bond motifs is 1. The third-order valence-electron chi connectivity index (χ3n) is 3.47. The standard InChI is InChI=1S/C18H13F3O3/c19-18(20,21)14-3-1-2-12(10-14)4-6-15(22)13-5-7-16-17(11-13)24-9-8-23-16/h1-7,10-11H,8-9H2. The summed E-state index contributed by atoms with van der Waals surface area (Å²) in [5, 5.41) is 0. The molecule has 0 unspecified atom stereocenters. The second-order valence-corrected chi connectivity index (χ2v) is 5.18. The molecule has 0 fully saturated rings. The Kier molecular flexibility index (Phi) is 4.29. The molecule has 124 valence electrons. The minimum Gasteiger partial charge on any atom is -0.486 e. The maximum absolute atomic E-state index is 12.7. The molecule has 2 aromatic carbocycles. The van der Waals surface area contributed by atoms with Crippen molar-refractivity contribution in [1.29, 1.82) is 0 Å². The monoisotopic (exact) mass is 334 g/mol. The molecular weight excluding hydrogens is 321 g/mol. The van der Waals surface area contributed by atoms with Crippen molar-refractivity contribution in [2.75, 3.05) is 13.2 Å². The van der Waals surface area contributed by atoms with Gasteiger partial charge < -0.3 is 9.47 Å². The first kappa shape index (κ1) is 16.1. The number of ketones is 1. The summed E-state index contributed by atoms with van der Waals surface area (Å²) in [4.78, 5) is 12.2. The fraction of sp³-hybridized carbons (Fsp3) is 0.167. The Labute approximate surface area is 136 Å². The number of carbonyl (C=O) groups is 1. The van der Waals surface area contributed by atoms with E-state index in [1.165, 1.54) is 24.3 Å². The Hall–Kier alpha value is -2.76. The average Bonchev–Trinajstić information content (AvgIpc) is 2.59. The van der Waals surface area contributed by atoms with Crippen LogP contribution in [0.2, 0.25) is 0 Å². The SMILES string of the molecule is O=C(C=Cc1cccc(C(F)(F)F)c1)c1ccc2c(c1)OCCO2. The van der Waals surface area contributed by atoms with Crippen LogP contribution in [0.15, 0.2) is 48.5 Å². The van der Waals surface area contributed by atoms with Gasteiger partial charge in [0.15, 0.2) is 17.3 Å². The lowest BCUT2D eigenvalue weighted by Crippen LogP contribution is -2.15. The molecule has 3 nitrogen and oxygen atoms in total. The predicted octanol–water partition coefficient (Wildman–Crippen LogP) is 4.37. The molecule has 0 atom stereocenters. The minimum absolute atomic E-state index is 0.302. The quantitative estimate of drug-likeness (QED) is 0.617. The summed E-state index contributed by atoms with van der Waals surface area (Å²) in [6.07, 6.45) is -1.82. The molecule has 3 rings (SSSR count). The maximum atomic E-state index is 12.7. The number of alkyl halides is 3. The van der Waals surface area contributed by atoms with Crippen LogP contribution >= 0.6 is 0 Å². The van der Waals surface area contributed by atoms with E-state index >= 15 is 0 Å². The largest absolute Gasteiger partial charge is 0.486 e. The van der Waals surface area contributed by atoms with Crippen molar-refractivity contribution in [2.45, 2.75) is 6.18 Å². The molecular formula is C18H13F3O3. The highest BCUT2D eigenvalue weighted by molar-refractivity contribution is 6.07. The molecule has 0 N–H and O–H groups in total. The number of hydrogen-bond donors (Lipinski definition) is 0. The van der Waals surface area contributed by atoms with Crippen LogP contribution in [0.3, 0.4) is 0 Å². The van der Waals surface area contributed by atoms with Gasteiger partial charge in [0.05, 0.1) is 5.56 Å². The lowest BCUT2D eigenvalue weighted by molar-refractivity contribution is -0.137. The van der Waals surface area contributed by atoms with Crippen LogP contribution in [-0.2, 0) is 6.18 Å². The van der Waals surface area contributed by atoms with Crippen molar-refractivity contribution in [1.82, 2.24) is 0 Å². The van der Waals surface area contributed by atoms with Crippen LogP contribution in [0.4, 0.5) is 13.2 Å². The van der Waals surface area contributed by atoms with Crippen molar-refractivity contribution in [3.05, 3.63) is 65.2 Å². The fourth-order valence-electron chi connectivity index (χ4n) is 2.28. The minimum atomic E-state index is -4.41. The van der Waals surface area contributed by atoms with Gasteiger partial charge >= 0.3 is 6.18 Å². The van der Waals surface area contributed by atoms with Crippen molar-refractivity contribution >= 4 is 11.9 Å². The van der Waals surface area contributed by atoms with Crippen LogP contribution in [0, 0.1) is 0 Å². The van der Waals surface area contributed by atoms with Gasteiger partial charge in [0.2, 0.25) is 0 Å². The van der Waals surface area contributed by atoms with Gasteiger partial charge in [-0.1, -0.05) is 18.2 Å². The highest BCUT2D eigenvalue weighted by Crippen LogP contribution is 2.31. The fourth-order valence-corrected chi connectivity index (χ4v) is 2.28. The Morgan fingerprint density at radius 2 is 1.75 bits per heavy atom. The summed E-state index contributed by atoms with van der Waals surface area (Å²) in [5.74, 6) is 0.726. The van der Waals surface area contributed by atoms with E-state index in [0.717, 1.165) is 12.1 Å². The topological polar surface area (TPSA) is 35.5 Å². The molecule has 1 aliphatic heterocycles. The predicted molar refractivity (Wildman–Crippen MR) is 82.2 cm³/mol.